The Balaban J connectivity index is 1.54. The molecule has 0 aromatic rings. The number of aliphatic carboxylic acids is 1. The molecule has 34 heavy (non-hydrogen) atoms. The van der Waals surface area contributed by atoms with Crippen molar-refractivity contribution in [3.63, 3.8) is 0 Å². The van der Waals surface area contributed by atoms with Crippen molar-refractivity contribution in [1.82, 2.24) is 0 Å². The number of allylic oxidation sites excluding steroid dienone is 2. The highest BCUT2D eigenvalue weighted by molar-refractivity contribution is 8.76. The minimum atomic E-state index is -0.671. The molecule has 4 rings (SSSR count). The fourth-order valence-corrected chi connectivity index (χ4v) is 11.2. The van der Waals surface area contributed by atoms with E-state index in [2.05, 4.69) is 40.7 Å². The highest BCUT2D eigenvalue weighted by Crippen LogP contribution is 2.67. The molecule has 2 nitrogen and oxygen atoms in total. The van der Waals surface area contributed by atoms with E-state index in [1.54, 1.807) is 16.4 Å². The Morgan fingerprint density at radius 1 is 1.09 bits per heavy atom. The van der Waals surface area contributed by atoms with E-state index in [4.69, 9.17) is 5.11 Å². The van der Waals surface area contributed by atoms with E-state index in [0.717, 1.165) is 41.3 Å². The summed E-state index contributed by atoms with van der Waals surface area (Å²) in [6.07, 6.45) is 18.5. The van der Waals surface area contributed by atoms with E-state index in [1.807, 2.05) is 10.8 Å². The van der Waals surface area contributed by atoms with Crippen LogP contribution in [0.3, 0.4) is 0 Å². The summed E-state index contributed by atoms with van der Waals surface area (Å²) < 4.78 is 0. The van der Waals surface area contributed by atoms with Crippen molar-refractivity contribution in [2.75, 3.05) is 5.75 Å². The number of hydrogen-bond acceptors (Lipinski definition) is 3. The molecule has 0 spiro atoms. The van der Waals surface area contributed by atoms with Crippen molar-refractivity contribution in [1.29, 1.82) is 0 Å². The maximum Gasteiger partial charge on any atom is 0.304 e. The van der Waals surface area contributed by atoms with Gasteiger partial charge in [-0.3, -0.25) is 4.79 Å². The van der Waals surface area contributed by atoms with Crippen molar-refractivity contribution in [3.8, 4) is 0 Å². The molecule has 3 fully saturated rings. The zero-order valence-corrected chi connectivity index (χ0v) is 24.1. The highest BCUT2D eigenvalue weighted by Gasteiger charge is 2.58. The van der Waals surface area contributed by atoms with Crippen LogP contribution in [0, 0.1) is 46.3 Å². The molecule has 0 aromatic heterocycles. The minimum Gasteiger partial charge on any atom is -0.481 e. The quantitative estimate of drug-likeness (QED) is 0.182. The molecule has 0 aromatic carbocycles. The Bertz CT molecular complexity index is 748. The summed E-state index contributed by atoms with van der Waals surface area (Å²) in [6, 6.07) is 0. The standard InChI is InChI=1S/C30H50O2S2/c1-20(2)8-6-9-21(3)24-19-22-18-23(34-33-17-13-27(31)32)11-16-30(22,5)26-12-15-29(4)14-7-10-25(29)28(24)26/h19-21,23-26,28H,6-18H2,1-5H3,(H,31,32)/t21-,23+,24?,25+,26+,28+,29-,30+/m1/s1. The summed E-state index contributed by atoms with van der Waals surface area (Å²) in [5.74, 6) is 5.16. The Hall–Kier alpha value is -0.0900. The lowest BCUT2D eigenvalue weighted by Crippen LogP contribution is -2.53. The number of carbonyl (C=O) groups is 1. The summed E-state index contributed by atoms with van der Waals surface area (Å²) in [4.78, 5) is 10.9. The van der Waals surface area contributed by atoms with Gasteiger partial charge in [-0.1, -0.05) is 93.5 Å². The number of rotatable bonds is 10. The van der Waals surface area contributed by atoms with Crippen LogP contribution in [0.5, 0.6) is 0 Å². The maximum atomic E-state index is 10.9. The Morgan fingerprint density at radius 2 is 1.88 bits per heavy atom. The normalized spacial score (nSPS) is 40.3. The van der Waals surface area contributed by atoms with Crippen LogP contribution in [-0.4, -0.2) is 22.1 Å². The second kappa shape index (κ2) is 11.1. The van der Waals surface area contributed by atoms with Gasteiger partial charge in [0.15, 0.2) is 0 Å². The number of hydrogen-bond donors (Lipinski definition) is 1. The number of carboxylic acids is 1. The van der Waals surface area contributed by atoms with Gasteiger partial charge in [-0.2, -0.15) is 0 Å². The fraction of sp³-hybridized carbons (Fsp3) is 0.900. The first-order valence-corrected chi connectivity index (χ1v) is 16.7. The van der Waals surface area contributed by atoms with Crippen molar-refractivity contribution in [3.05, 3.63) is 11.6 Å². The third-order valence-corrected chi connectivity index (χ3v) is 13.5. The first kappa shape index (κ1) is 27.0. The topological polar surface area (TPSA) is 37.3 Å². The maximum absolute atomic E-state index is 10.9. The molecule has 0 aliphatic heterocycles. The molecule has 4 aliphatic carbocycles. The minimum absolute atomic E-state index is 0.282. The van der Waals surface area contributed by atoms with E-state index in [0.29, 0.717) is 16.1 Å². The van der Waals surface area contributed by atoms with Crippen LogP contribution in [0.15, 0.2) is 11.6 Å². The van der Waals surface area contributed by atoms with Gasteiger partial charge >= 0.3 is 5.97 Å². The van der Waals surface area contributed by atoms with E-state index < -0.39 is 5.97 Å². The van der Waals surface area contributed by atoms with E-state index >= 15 is 0 Å². The van der Waals surface area contributed by atoms with Crippen LogP contribution in [0.4, 0.5) is 0 Å². The largest absolute Gasteiger partial charge is 0.481 e. The van der Waals surface area contributed by atoms with Crippen molar-refractivity contribution >= 4 is 27.6 Å². The van der Waals surface area contributed by atoms with Gasteiger partial charge in [0.25, 0.3) is 0 Å². The Morgan fingerprint density at radius 3 is 2.62 bits per heavy atom. The van der Waals surface area contributed by atoms with Crippen molar-refractivity contribution < 1.29 is 9.90 Å². The van der Waals surface area contributed by atoms with Crippen molar-refractivity contribution in [2.24, 2.45) is 46.3 Å². The van der Waals surface area contributed by atoms with Crippen LogP contribution >= 0.6 is 21.6 Å². The molecule has 0 amide bonds. The van der Waals surface area contributed by atoms with E-state index in [1.165, 1.54) is 70.6 Å². The molecule has 4 heteroatoms. The zero-order chi connectivity index (χ0) is 24.5. The predicted octanol–water partition coefficient (Wildman–Crippen LogP) is 9.25. The lowest BCUT2D eigenvalue weighted by atomic mass is 9.45. The average molecular weight is 507 g/mol. The molecule has 1 unspecified atom stereocenters. The molecule has 0 radical (unpaired) electrons. The molecule has 8 atom stereocenters. The molecular weight excluding hydrogens is 456 g/mol. The lowest BCUT2D eigenvalue weighted by Gasteiger charge is -2.60. The van der Waals surface area contributed by atoms with Crippen LogP contribution in [0.1, 0.15) is 112 Å². The van der Waals surface area contributed by atoms with Crippen molar-refractivity contribution in [2.45, 2.75) is 117 Å². The summed E-state index contributed by atoms with van der Waals surface area (Å²) >= 11 is 0. The smallest absolute Gasteiger partial charge is 0.304 e. The first-order valence-electron chi connectivity index (χ1n) is 14.4. The lowest BCUT2D eigenvalue weighted by molar-refractivity contribution is -0.136. The summed E-state index contributed by atoms with van der Waals surface area (Å²) in [5, 5.41) is 9.63. The van der Waals surface area contributed by atoms with Gasteiger partial charge in [-0.05, 0) is 91.3 Å². The second-order valence-corrected chi connectivity index (χ2v) is 16.1. The van der Waals surface area contributed by atoms with Gasteiger partial charge in [0.1, 0.15) is 0 Å². The fourth-order valence-electron chi connectivity index (χ4n) is 8.63. The third-order valence-electron chi connectivity index (χ3n) is 10.6. The molecule has 1 N–H and O–H groups in total. The molecule has 194 valence electrons. The highest BCUT2D eigenvalue weighted by atomic mass is 33.1. The van der Waals surface area contributed by atoms with Crippen LogP contribution in [0.2, 0.25) is 0 Å². The van der Waals surface area contributed by atoms with Crippen LogP contribution in [-0.2, 0) is 4.79 Å². The molecule has 3 saturated carbocycles. The molecule has 0 saturated heterocycles. The van der Waals surface area contributed by atoms with Gasteiger partial charge in [0.2, 0.25) is 0 Å². The molecule has 0 bridgehead atoms. The molecule has 4 aliphatic rings. The second-order valence-electron chi connectivity index (χ2n) is 13.3. The number of carboxylic acid groups (broad SMARTS) is 1. The number of fused-ring (bicyclic) bond motifs is 5. The SMILES string of the molecule is CC(C)CCC[C@@H](C)C1C=C2C[C@@H](SSCCC(=O)O)CC[C@]2(C)[C@H]2CC[C@@]3(C)CCC[C@H]3[C@H]12. The average Bonchev–Trinajstić information content (AvgIpc) is 3.17. The Labute approximate surface area is 217 Å². The Kier molecular flexibility index (Phi) is 8.81. The zero-order valence-electron chi connectivity index (χ0n) is 22.5. The first-order chi connectivity index (χ1) is 16.1. The van der Waals surface area contributed by atoms with Gasteiger partial charge in [-0.25, -0.2) is 0 Å². The van der Waals surface area contributed by atoms with E-state index in [9.17, 15) is 4.79 Å². The van der Waals surface area contributed by atoms with Gasteiger partial charge in [-0.15, -0.1) is 0 Å². The van der Waals surface area contributed by atoms with Gasteiger partial charge in [0, 0.05) is 11.0 Å². The monoisotopic (exact) mass is 506 g/mol. The van der Waals surface area contributed by atoms with Gasteiger partial charge in [0.05, 0.1) is 6.42 Å². The third kappa shape index (κ3) is 5.58. The van der Waals surface area contributed by atoms with Crippen LogP contribution in [0.25, 0.3) is 0 Å². The van der Waals surface area contributed by atoms with Crippen LogP contribution < -0.4 is 0 Å². The molecular formula is C30H50O2S2. The van der Waals surface area contributed by atoms with E-state index in [-0.39, 0.29) is 6.42 Å². The predicted molar refractivity (Wildman–Crippen MR) is 149 cm³/mol. The summed E-state index contributed by atoms with van der Waals surface area (Å²) in [5.41, 5.74) is 2.80. The summed E-state index contributed by atoms with van der Waals surface area (Å²) in [7, 11) is 3.77. The molecule has 0 heterocycles. The van der Waals surface area contributed by atoms with Gasteiger partial charge < -0.3 is 5.11 Å². The summed E-state index contributed by atoms with van der Waals surface area (Å²) in [6.45, 7) is 12.6.